The maximum Gasteiger partial charge on any atom is 0.266 e. The third-order valence-corrected chi connectivity index (χ3v) is 7.54. The van der Waals surface area contributed by atoms with E-state index >= 15 is 0 Å². The second kappa shape index (κ2) is 9.95. The van der Waals surface area contributed by atoms with Gasteiger partial charge in [-0.3, -0.25) is 9.59 Å². The third kappa shape index (κ3) is 4.43. The Labute approximate surface area is 209 Å². The van der Waals surface area contributed by atoms with Crippen molar-refractivity contribution in [1.29, 1.82) is 0 Å². The lowest BCUT2D eigenvalue weighted by molar-refractivity contribution is 0.0949. The first-order valence-corrected chi connectivity index (χ1v) is 12.7. The van der Waals surface area contributed by atoms with E-state index in [9.17, 15) is 14.7 Å². The number of hydrogen-bond donors (Lipinski definition) is 4. The minimum Gasteiger partial charge on any atom is -0.506 e. The van der Waals surface area contributed by atoms with Gasteiger partial charge in [-0.15, -0.1) is 11.3 Å². The molecule has 4 aromatic rings. The molecule has 2 aromatic carbocycles. The summed E-state index contributed by atoms with van der Waals surface area (Å²) in [7, 11) is 0. The van der Waals surface area contributed by atoms with Crippen LogP contribution in [0.25, 0.3) is 10.9 Å². The smallest absolute Gasteiger partial charge is 0.266 e. The number of pyridine rings is 1. The first-order chi connectivity index (χ1) is 17.1. The molecule has 0 atom stereocenters. The summed E-state index contributed by atoms with van der Waals surface area (Å²) in [6.07, 6.45) is 0.474. The number of thiophene rings is 1. The molecule has 4 N–H and O–H groups in total. The van der Waals surface area contributed by atoms with E-state index in [0.717, 1.165) is 5.56 Å². The molecule has 0 fully saturated rings. The monoisotopic (exact) mass is 506 g/mol. The Bertz CT molecular complexity index is 1490. The molecule has 35 heavy (non-hydrogen) atoms. The van der Waals surface area contributed by atoms with Crippen molar-refractivity contribution in [2.45, 2.75) is 17.9 Å². The summed E-state index contributed by atoms with van der Waals surface area (Å²) >= 11 is 2.48. The molecule has 0 unspecified atom stereocenters. The lowest BCUT2D eigenvalue weighted by Gasteiger charge is -2.19. The van der Waals surface area contributed by atoms with E-state index in [4.69, 9.17) is 5.11 Å². The minimum atomic E-state index is -0.362. The fraction of sp³-hybridized carbons (Fsp3) is 0.160. The third-order valence-electron chi connectivity index (χ3n) is 5.62. The van der Waals surface area contributed by atoms with Crippen molar-refractivity contribution in [2.75, 3.05) is 13.2 Å². The molecule has 0 bridgehead atoms. The Kier molecular flexibility index (Phi) is 6.58. The molecule has 178 valence electrons. The number of benzene rings is 2. The van der Waals surface area contributed by atoms with E-state index in [0.29, 0.717) is 45.9 Å². The molecular weight excluding hydrogens is 484 g/mol. The van der Waals surface area contributed by atoms with E-state index < -0.39 is 0 Å². The zero-order valence-corrected chi connectivity index (χ0v) is 20.2. The molecule has 1 aliphatic heterocycles. The standard InChI is InChI=1S/C25H22N4O4S2/c30-12-6-11-26-23(32)17-14-34-24-21(17)35-28-22(27-24)19-20(31)16-9-4-5-10-18(16)29(25(19)33)13-15-7-2-1-3-8-15/h1-5,7-10,14,30-31H,6,11-13H2,(H,26,32)(H,27,28). The molecule has 10 heteroatoms. The summed E-state index contributed by atoms with van der Waals surface area (Å²) < 4.78 is 4.70. The minimum absolute atomic E-state index is 0.00301. The van der Waals surface area contributed by atoms with Crippen molar-refractivity contribution >= 4 is 50.9 Å². The highest BCUT2D eigenvalue weighted by atomic mass is 32.2. The van der Waals surface area contributed by atoms with Crippen LogP contribution in [0.2, 0.25) is 0 Å². The number of aromatic nitrogens is 1. The Balaban J connectivity index is 1.58. The van der Waals surface area contributed by atoms with Crippen molar-refractivity contribution in [3.63, 3.8) is 0 Å². The molecule has 0 radical (unpaired) electrons. The van der Waals surface area contributed by atoms with E-state index in [1.165, 1.54) is 23.3 Å². The van der Waals surface area contributed by atoms with Gasteiger partial charge in [-0.25, -0.2) is 4.99 Å². The maximum atomic E-state index is 13.7. The average molecular weight is 507 g/mol. The summed E-state index contributed by atoms with van der Waals surface area (Å²) in [5.74, 6) is -0.141. The molecule has 2 aromatic heterocycles. The van der Waals surface area contributed by atoms with Crippen LogP contribution in [0.5, 0.6) is 5.75 Å². The van der Waals surface area contributed by atoms with E-state index in [1.54, 1.807) is 16.0 Å². The van der Waals surface area contributed by atoms with Crippen LogP contribution in [-0.2, 0) is 6.54 Å². The number of aliphatic hydroxyl groups is 1. The number of carbonyl (C=O) groups excluding carboxylic acids is 1. The fourth-order valence-corrected chi connectivity index (χ4v) is 5.80. The van der Waals surface area contributed by atoms with Gasteiger partial charge < -0.3 is 24.8 Å². The molecular formula is C25H22N4O4S2. The Morgan fingerprint density at radius 1 is 1.11 bits per heavy atom. The van der Waals surface area contributed by atoms with Gasteiger partial charge in [-0.05, 0) is 36.1 Å². The summed E-state index contributed by atoms with van der Waals surface area (Å²) in [5.41, 5.74) is 1.79. The highest BCUT2D eigenvalue weighted by Gasteiger charge is 2.27. The number of fused-ring (bicyclic) bond motifs is 2. The van der Waals surface area contributed by atoms with Crippen LogP contribution in [0.4, 0.5) is 5.00 Å². The van der Waals surface area contributed by atoms with Gasteiger partial charge in [0.05, 0.1) is 22.5 Å². The number of aliphatic hydroxyl groups excluding tert-OH is 1. The number of hydrogen-bond acceptors (Lipinski definition) is 8. The zero-order chi connectivity index (χ0) is 24.4. The molecule has 0 saturated heterocycles. The number of nitrogens with zero attached hydrogens (tertiary/aromatic N) is 2. The first kappa shape index (κ1) is 23.2. The van der Waals surface area contributed by atoms with Gasteiger partial charge in [0.1, 0.15) is 16.3 Å². The van der Waals surface area contributed by atoms with Gasteiger partial charge in [-0.1, -0.05) is 42.5 Å². The second-order valence-corrected chi connectivity index (χ2v) is 9.57. The molecule has 1 aliphatic rings. The number of amidine groups is 1. The van der Waals surface area contributed by atoms with Crippen molar-refractivity contribution in [3.8, 4) is 5.75 Å². The van der Waals surface area contributed by atoms with Gasteiger partial charge in [0.25, 0.3) is 11.5 Å². The van der Waals surface area contributed by atoms with Gasteiger partial charge >= 0.3 is 0 Å². The fourth-order valence-electron chi connectivity index (χ4n) is 3.90. The summed E-state index contributed by atoms with van der Waals surface area (Å²) in [5, 5.41) is 25.7. The number of amides is 1. The lowest BCUT2D eigenvalue weighted by Crippen LogP contribution is -2.33. The average Bonchev–Trinajstić information content (AvgIpc) is 3.31. The van der Waals surface area contributed by atoms with Crippen LogP contribution in [0, 0.1) is 0 Å². The highest BCUT2D eigenvalue weighted by Crippen LogP contribution is 2.41. The highest BCUT2D eigenvalue weighted by molar-refractivity contribution is 7.98. The van der Waals surface area contributed by atoms with Crippen LogP contribution in [0.3, 0.4) is 0 Å². The van der Waals surface area contributed by atoms with Crippen molar-refractivity contribution < 1.29 is 15.0 Å². The Hall–Kier alpha value is -3.60. The Morgan fingerprint density at radius 2 is 1.89 bits per heavy atom. The molecule has 5 rings (SSSR count). The van der Waals surface area contributed by atoms with E-state index in [-0.39, 0.29) is 35.2 Å². The second-order valence-electron chi connectivity index (χ2n) is 7.90. The van der Waals surface area contributed by atoms with Crippen LogP contribution >= 0.6 is 23.3 Å². The molecule has 8 nitrogen and oxygen atoms in total. The van der Waals surface area contributed by atoms with Gasteiger partial charge in [-0.2, -0.15) is 0 Å². The van der Waals surface area contributed by atoms with Crippen LogP contribution < -0.4 is 15.6 Å². The quantitative estimate of drug-likeness (QED) is 0.225. The normalized spacial score (nSPS) is 12.7. The van der Waals surface area contributed by atoms with Crippen LogP contribution in [0.15, 0.2) is 74.7 Å². The zero-order valence-electron chi connectivity index (χ0n) is 18.5. The van der Waals surface area contributed by atoms with E-state index in [2.05, 4.69) is 15.0 Å². The molecule has 0 spiro atoms. The predicted molar refractivity (Wildman–Crippen MR) is 139 cm³/mol. The largest absolute Gasteiger partial charge is 0.506 e. The predicted octanol–water partition coefficient (Wildman–Crippen LogP) is 3.62. The van der Waals surface area contributed by atoms with Gasteiger partial charge in [0.2, 0.25) is 0 Å². The number of aromatic hydroxyl groups is 1. The first-order valence-electron chi connectivity index (χ1n) is 11.0. The molecule has 0 saturated carbocycles. The van der Waals surface area contributed by atoms with Crippen molar-refractivity contribution in [3.05, 3.63) is 87.0 Å². The number of nitrogens with one attached hydrogen (secondary N) is 2. The topological polar surface area (TPSA) is 116 Å². The molecule has 3 heterocycles. The number of para-hydroxylation sites is 1. The summed E-state index contributed by atoms with van der Waals surface area (Å²) in [6.45, 7) is 0.720. The summed E-state index contributed by atoms with van der Waals surface area (Å²) in [6, 6.07) is 16.9. The number of aliphatic imine (C=N–C) groups is 1. The number of rotatable bonds is 7. The molecule has 0 aliphatic carbocycles. The SMILES string of the molecule is O=C(NCCCO)c1csc2c1SNC(c1c(O)c3ccccc3n(Cc3ccccc3)c1=O)=N2. The number of carbonyl (C=O) groups is 1. The van der Waals surface area contributed by atoms with Crippen molar-refractivity contribution in [2.24, 2.45) is 4.99 Å². The maximum absolute atomic E-state index is 13.7. The summed E-state index contributed by atoms with van der Waals surface area (Å²) in [4.78, 5) is 31.4. The van der Waals surface area contributed by atoms with Gasteiger partial charge in [0, 0.05) is 23.9 Å². The van der Waals surface area contributed by atoms with Crippen molar-refractivity contribution in [1.82, 2.24) is 14.6 Å². The van der Waals surface area contributed by atoms with E-state index in [1.807, 2.05) is 48.5 Å². The lowest BCUT2D eigenvalue weighted by atomic mass is 10.1. The molecule has 1 amide bonds. The Morgan fingerprint density at radius 3 is 2.69 bits per heavy atom. The van der Waals surface area contributed by atoms with Gasteiger partial charge in [0.15, 0.2) is 5.84 Å². The van der Waals surface area contributed by atoms with Crippen LogP contribution in [0.1, 0.15) is 27.9 Å². The van der Waals surface area contributed by atoms with Crippen LogP contribution in [-0.4, -0.2) is 39.7 Å².